The normalized spacial score (nSPS) is 20.0. The monoisotopic (exact) mass is 464 g/mol. The molecule has 0 aliphatic carbocycles. The summed E-state index contributed by atoms with van der Waals surface area (Å²) in [6.45, 7) is 1.82. The molecule has 0 radical (unpaired) electrons. The molecule has 2 unspecified atom stereocenters. The summed E-state index contributed by atoms with van der Waals surface area (Å²) in [5.41, 5.74) is 0.341. The van der Waals surface area contributed by atoms with Crippen molar-refractivity contribution in [1.82, 2.24) is 14.9 Å². The molecule has 2 atom stereocenters. The van der Waals surface area contributed by atoms with Gasteiger partial charge >= 0.3 is 18.2 Å². The van der Waals surface area contributed by atoms with Gasteiger partial charge in [0.05, 0.1) is 30.5 Å². The van der Waals surface area contributed by atoms with Gasteiger partial charge < -0.3 is 28.3 Å². The SMILES string of the molecule is CCOC(=O)C(F)(F)Oc1ccc(-c2ncco2)c2oc(N3CC4CC(C3)N4C(=O)O)nc12. The standard InChI is InChI=1S/C20H18F2N4O7/c1-2-30-17(27)20(21,22)33-13-4-3-12(16-23-5-6-31-16)15-14(13)24-18(32-15)25-8-10-7-11(9-25)26(10)19(28)29/h3-6,10-11H,2,7-9H2,1H3,(H,28,29). The van der Waals surface area contributed by atoms with E-state index >= 15 is 0 Å². The summed E-state index contributed by atoms with van der Waals surface area (Å²) in [5, 5.41) is 9.31. The van der Waals surface area contributed by atoms with Crippen molar-refractivity contribution in [2.75, 3.05) is 24.6 Å². The quantitative estimate of drug-likeness (QED) is 0.543. The summed E-state index contributed by atoms with van der Waals surface area (Å²) >= 11 is 0. The second-order valence-corrected chi connectivity index (χ2v) is 7.60. The van der Waals surface area contributed by atoms with E-state index in [0.717, 1.165) is 6.42 Å². The van der Waals surface area contributed by atoms with E-state index < -0.39 is 23.9 Å². The summed E-state index contributed by atoms with van der Waals surface area (Å²) in [6.07, 6.45) is -1.75. The summed E-state index contributed by atoms with van der Waals surface area (Å²) in [7, 11) is 0. The number of amides is 1. The lowest BCUT2D eigenvalue weighted by Gasteiger charge is -2.54. The number of anilines is 1. The van der Waals surface area contributed by atoms with Gasteiger partial charge in [0.1, 0.15) is 6.26 Å². The van der Waals surface area contributed by atoms with Gasteiger partial charge in [0.2, 0.25) is 5.89 Å². The number of hydrogen-bond acceptors (Lipinski definition) is 9. The van der Waals surface area contributed by atoms with Gasteiger partial charge in [0.25, 0.3) is 6.01 Å². The molecule has 13 heteroatoms. The molecule has 3 aromatic rings. The first-order valence-electron chi connectivity index (χ1n) is 10.1. The van der Waals surface area contributed by atoms with E-state index in [1.54, 1.807) is 4.90 Å². The number of carbonyl (C=O) groups is 2. The highest BCUT2D eigenvalue weighted by Crippen LogP contribution is 2.40. The number of fused-ring (bicyclic) bond motifs is 3. The predicted octanol–water partition coefficient (Wildman–Crippen LogP) is 2.96. The highest BCUT2D eigenvalue weighted by molar-refractivity contribution is 5.93. The molecule has 0 spiro atoms. The maximum Gasteiger partial charge on any atom is 0.502 e. The molecule has 0 saturated carbocycles. The van der Waals surface area contributed by atoms with Crippen molar-refractivity contribution in [2.45, 2.75) is 31.5 Å². The first-order chi connectivity index (χ1) is 15.8. The zero-order valence-corrected chi connectivity index (χ0v) is 17.2. The number of nitrogens with zero attached hydrogens (tertiary/aromatic N) is 4. The molecule has 2 bridgehead atoms. The minimum absolute atomic E-state index is 0.0685. The van der Waals surface area contributed by atoms with Crippen LogP contribution in [0.15, 0.2) is 33.4 Å². The molecule has 1 amide bonds. The zero-order chi connectivity index (χ0) is 23.3. The number of hydrogen-bond donors (Lipinski definition) is 1. The Morgan fingerprint density at radius 1 is 1.30 bits per heavy atom. The van der Waals surface area contributed by atoms with Crippen molar-refractivity contribution in [2.24, 2.45) is 0 Å². The lowest BCUT2D eigenvalue weighted by molar-refractivity contribution is -0.216. The fraction of sp³-hybridized carbons (Fsp3) is 0.400. The van der Waals surface area contributed by atoms with E-state index in [1.807, 2.05) is 0 Å². The van der Waals surface area contributed by atoms with Crippen molar-refractivity contribution in [3.05, 3.63) is 24.6 Å². The molecule has 1 aromatic carbocycles. The Kier molecular flexibility index (Phi) is 4.83. The van der Waals surface area contributed by atoms with Gasteiger partial charge in [0.15, 0.2) is 16.8 Å². The van der Waals surface area contributed by atoms with Crippen LogP contribution in [0.3, 0.4) is 0 Å². The van der Waals surface area contributed by atoms with Crippen LogP contribution < -0.4 is 9.64 Å². The van der Waals surface area contributed by atoms with Crippen LogP contribution in [-0.4, -0.2) is 69.9 Å². The van der Waals surface area contributed by atoms with Crippen LogP contribution in [0.4, 0.5) is 19.6 Å². The third-order valence-corrected chi connectivity index (χ3v) is 5.59. The number of piperidine rings is 1. The van der Waals surface area contributed by atoms with E-state index in [9.17, 15) is 23.5 Å². The topological polar surface area (TPSA) is 131 Å². The number of rotatable bonds is 6. The van der Waals surface area contributed by atoms with Crippen LogP contribution in [0.5, 0.6) is 5.75 Å². The van der Waals surface area contributed by atoms with Crippen LogP contribution in [0, 0.1) is 0 Å². The average molecular weight is 464 g/mol. The van der Waals surface area contributed by atoms with Gasteiger partial charge in [-0.2, -0.15) is 13.8 Å². The minimum Gasteiger partial charge on any atom is -0.465 e. The Balaban J connectivity index is 1.52. The average Bonchev–Trinajstić information content (AvgIpc) is 3.44. The lowest BCUT2D eigenvalue weighted by atomic mass is 9.88. The highest BCUT2D eigenvalue weighted by Gasteiger charge is 2.49. The lowest BCUT2D eigenvalue weighted by Crippen LogP contribution is -2.70. The number of carbonyl (C=O) groups excluding carboxylic acids is 1. The maximum atomic E-state index is 14.3. The molecule has 3 aliphatic heterocycles. The molecular formula is C20H18F2N4O7. The molecule has 6 rings (SSSR count). The van der Waals surface area contributed by atoms with E-state index in [2.05, 4.69) is 14.7 Å². The molecule has 2 aromatic heterocycles. The summed E-state index contributed by atoms with van der Waals surface area (Å²) < 4.78 is 48.8. The van der Waals surface area contributed by atoms with E-state index in [0.29, 0.717) is 18.7 Å². The summed E-state index contributed by atoms with van der Waals surface area (Å²) in [6, 6.07) is 2.28. The number of benzene rings is 1. The number of aromatic nitrogens is 2. The fourth-order valence-electron chi connectivity index (χ4n) is 4.19. The largest absolute Gasteiger partial charge is 0.502 e. The van der Waals surface area contributed by atoms with Crippen molar-refractivity contribution in [1.29, 1.82) is 0 Å². The minimum atomic E-state index is -4.25. The van der Waals surface area contributed by atoms with E-state index in [-0.39, 0.29) is 41.7 Å². The van der Waals surface area contributed by atoms with Gasteiger partial charge in [0, 0.05) is 13.1 Å². The summed E-state index contributed by atoms with van der Waals surface area (Å²) in [4.78, 5) is 34.5. The number of alkyl halides is 2. The highest BCUT2D eigenvalue weighted by atomic mass is 19.3. The molecule has 33 heavy (non-hydrogen) atoms. The zero-order valence-electron chi connectivity index (χ0n) is 17.2. The van der Waals surface area contributed by atoms with Crippen LogP contribution in [0.1, 0.15) is 13.3 Å². The van der Waals surface area contributed by atoms with E-state index in [1.165, 1.54) is 36.4 Å². The van der Waals surface area contributed by atoms with Crippen molar-refractivity contribution in [3.8, 4) is 17.2 Å². The molecule has 1 N–H and O–H groups in total. The predicted molar refractivity (Wildman–Crippen MR) is 106 cm³/mol. The van der Waals surface area contributed by atoms with Crippen LogP contribution in [-0.2, 0) is 9.53 Å². The number of halogens is 2. The van der Waals surface area contributed by atoms with Crippen molar-refractivity contribution < 1.29 is 41.8 Å². The Morgan fingerprint density at radius 3 is 2.70 bits per heavy atom. The Hall–Kier alpha value is -3.90. The van der Waals surface area contributed by atoms with Crippen molar-refractivity contribution >= 4 is 29.2 Å². The fourth-order valence-corrected chi connectivity index (χ4v) is 4.19. The van der Waals surface area contributed by atoms with Crippen LogP contribution >= 0.6 is 0 Å². The second-order valence-electron chi connectivity index (χ2n) is 7.60. The number of esters is 1. The number of piperazine rings is 1. The first kappa shape index (κ1) is 21.0. The Morgan fingerprint density at radius 2 is 2.06 bits per heavy atom. The summed E-state index contributed by atoms with van der Waals surface area (Å²) in [5.74, 6) is -2.06. The molecule has 3 saturated heterocycles. The number of oxazole rings is 2. The van der Waals surface area contributed by atoms with Gasteiger partial charge in [-0.1, -0.05) is 0 Å². The van der Waals surface area contributed by atoms with Gasteiger partial charge in [-0.05, 0) is 25.5 Å². The maximum absolute atomic E-state index is 14.3. The molecular weight excluding hydrogens is 446 g/mol. The molecule has 3 aliphatic rings. The van der Waals surface area contributed by atoms with Gasteiger partial charge in [-0.15, -0.1) is 0 Å². The molecule has 11 nitrogen and oxygen atoms in total. The third-order valence-electron chi connectivity index (χ3n) is 5.59. The second kappa shape index (κ2) is 7.60. The Labute approximate surface area is 184 Å². The molecule has 3 fully saturated rings. The number of ether oxygens (including phenoxy) is 2. The smallest absolute Gasteiger partial charge is 0.465 e. The van der Waals surface area contributed by atoms with Crippen LogP contribution in [0.2, 0.25) is 0 Å². The molecule has 5 heterocycles. The van der Waals surface area contributed by atoms with Crippen molar-refractivity contribution in [3.63, 3.8) is 0 Å². The first-order valence-corrected chi connectivity index (χ1v) is 10.1. The van der Waals surface area contributed by atoms with E-state index in [4.69, 9.17) is 13.6 Å². The van der Waals surface area contributed by atoms with Crippen LogP contribution in [0.25, 0.3) is 22.6 Å². The molecule has 174 valence electrons. The third kappa shape index (κ3) is 3.49. The van der Waals surface area contributed by atoms with Gasteiger partial charge in [-0.3, -0.25) is 4.90 Å². The van der Waals surface area contributed by atoms with Gasteiger partial charge in [-0.25, -0.2) is 14.6 Å². The Bertz CT molecular complexity index is 1200. The number of carboxylic acid groups (broad SMARTS) is 1.